The van der Waals surface area contributed by atoms with E-state index in [-0.39, 0.29) is 5.41 Å². The molecule has 9 heterocycles. The van der Waals surface area contributed by atoms with E-state index in [0.29, 0.717) is 0 Å². The van der Waals surface area contributed by atoms with E-state index in [1.54, 1.807) is 0 Å². The number of hydrogen-bond donors (Lipinski definition) is 0. The van der Waals surface area contributed by atoms with Crippen LogP contribution in [0.5, 0.6) is 0 Å². The maximum absolute atomic E-state index is 6.94. The minimum Gasteiger partial charge on any atom is -0.453 e. The molecule has 32 rings (SSSR count). The Balaban J connectivity index is 0.000000102. The van der Waals surface area contributed by atoms with Gasteiger partial charge < -0.3 is 22.5 Å². The highest BCUT2D eigenvalue weighted by molar-refractivity contribution is 7.27. The van der Waals surface area contributed by atoms with Crippen molar-refractivity contribution in [3.63, 3.8) is 0 Å². The average molecular weight is 1880 g/mol. The van der Waals surface area contributed by atoms with Gasteiger partial charge in [0, 0.05) is 143 Å². The second-order valence-corrected chi connectivity index (χ2v) is 40.1. The lowest BCUT2D eigenvalue weighted by molar-refractivity contribution is 0.664. The summed E-state index contributed by atoms with van der Waals surface area (Å²) in [5.74, 6) is 1.63. The molecule has 0 saturated carbocycles. The number of fused-ring (bicyclic) bond motifs is 33. The highest BCUT2D eigenvalue weighted by Crippen LogP contribution is 2.56. The third-order valence-corrected chi connectivity index (χ3v) is 31.8. The average Bonchev–Trinajstić information content (AvgIpc) is 1.52. The van der Waals surface area contributed by atoms with E-state index in [1.165, 1.54) is 162 Å². The molecule has 0 saturated heterocycles. The molecule has 682 valence electrons. The van der Waals surface area contributed by atoms with Gasteiger partial charge in [-0.05, 0) is 198 Å². The van der Waals surface area contributed by atoms with Crippen molar-refractivity contribution in [1.82, 2.24) is 42.6 Å². The first-order valence-corrected chi connectivity index (χ1v) is 50.7. The second-order valence-electron chi connectivity index (χ2n) is 39.1. The van der Waals surface area contributed by atoms with Gasteiger partial charge in [-0.15, -0.1) is 11.3 Å². The first-order valence-electron chi connectivity index (χ1n) is 49.9. The summed E-state index contributed by atoms with van der Waals surface area (Å²) >= 11 is 1.91. The van der Waals surface area contributed by atoms with Gasteiger partial charge in [0.2, 0.25) is 0 Å². The van der Waals surface area contributed by atoms with Crippen LogP contribution in [0.1, 0.15) is 25.0 Å². The van der Waals surface area contributed by atoms with Crippen LogP contribution in [-0.4, -0.2) is 42.6 Å². The molecule has 1 aliphatic rings. The number of aromatic nitrogens is 9. The molecule has 31 aromatic rings. The van der Waals surface area contributed by atoms with Gasteiger partial charge in [0.1, 0.15) is 17.1 Å². The molecule has 9 aromatic heterocycles. The van der Waals surface area contributed by atoms with Crippen LogP contribution in [-0.2, 0) is 5.41 Å². The van der Waals surface area contributed by atoms with Crippen molar-refractivity contribution in [1.29, 1.82) is 0 Å². The quantitative estimate of drug-likeness (QED) is 0.144. The second kappa shape index (κ2) is 32.6. The summed E-state index contributed by atoms with van der Waals surface area (Å²) in [5, 5.41) is 27.2. The summed E-state index contributed by atoms with van der Waals surface area (Å²) in [5.41, 5.74) is 29.9. The van der Waals surface area contributed by atoms with Gasteiger partial charge >= 0.3 is 0 Å². The summed E-state index contributed by atoms with van der Waals surface area (Å²) in [6.45, 7) is 4.80. The number of rotatable bonds is 9. The number of para-hydroxylation sites is 3. The summed E-state index contributed by atoms with van der Waals surface area (Å²) in [6, 6.07) is 168. The lowest BCUT2D eigenvalue weighted by Crippen LogP contribution is -2.16. The molecule has 22 aromatic carbocycles. The van der Waals surface area contributed by atoms with Gasteiger partial charge in [-0.2, -0.15) is 0 Å². The van der Waals surface area contributed by atoms with Crippen molar-refractivity contribution in [2.24, 2.45) is 0 Å². The fraction of sp³-hybridized carbons (Fsp3) is 0.0222. The van der Waals surface area contributed by atoms with Crippen LogP contribution in [0.25, 0.3) is 279 Å². The molecule has 0 atom stereocenters. The van der Waals surface area contributed by atoms with Gasteiger partial charge in [-0.25, -0.2) is 19.9 Å². The van der Waals surface area contributed by atoms with Crippen molar-refractivity contribution < 1.29 is 4.42 Å². The molecule has 0 amide bonds. The first kappa shape index (κ1) is 82.9. The largest absolute Gasteiger partial charge is 0.453 e. The van der Waals surface area contributed by atoms with Crippen LogP contribution in [0.15, 0.2) is 484 Å². The summed E-state index contributed by atoms with van der Waals surface area (Å²) in [6.07, 6.45) is 4.15. The summed E-state index contributed by atoms with van der Waals surface area (Å²) in [4.78, 5) is 20.1. The van der Waals surface area contributed by atoms with Gasteiger partial charge in [0.05, 0.1) is 65.9 Å². The Bertz CT molecular complexity index is 10800. The van der Waals surface area contributed by atoms with Crippen molar-refractivity contribution in [3.8, 4) is 90.4 Å². The predicted molar refractivity (Wildman–Crippen MR) is 611 cm³/mol. The Labute approximate surface area is 841 Å². The van der Waals surface area contributed by atoms with E-state index in [2.05, 4.69) is 455 Å². The number of hydrogen-bond acceptors (Lipinski definition) is 6. The Kier molecular flexibility index (Phi) is 18.5. The lowest BCUT2D eigenvalue weighted by Gasteiger charge is -2.24. The first-order chi connectivity index (χ1) is 72.1. The lowest BCUT2D eigenvalue weighted by atomic mass is 9.81. The normalized spacial score (nSPS) is 12.5. The monoisotopic (exact) mass is 1880 g/mol. The third kappa shape index (κ3) is 12.9. The Morgan fingerprint density at radius 1 is 0.247 bits per heavy atom. The van der Waals surface area contributed by atoms with E-state index >= 15 is 0 Å². The van der Waals surface area contributed by atoms with Crippen LogP contribution in [0, 0.1) is 0 Å². The maximum atomic E-state index is 6.94. The highest BCUT2D eigenvalue weighted by atomic mass is 32.1. The number of thiophene rings is 1. The van der Waals surface area contributed by atoms with E-state index in [9.17, 15) is 0 Å². The molecule has 0 N–H and O–H groups in total. The summed E-state index contributed by atoms with van der Waals surface area (Å²) in [7, 11) is 0. The smallest absolute Gasteiger partial charge is 0.160 e. The Hall–Kier alpha value is -18.9. The van der Waals surface area contributed by atoms with Crippen LogP contribution in [0.3, 0.4) is 0 Å². The van der Waals surface area contributed by atoms with Crippen LogP contribution in [0.4, 0.5) is 0 Å². The van der Waals surface area contributed by atoms with Crippen molar-refractivity contribution in [2.75, 3.05) is 0 Å². The topological polar surface area (TPSA) is 88.8 Å². The third-order valence-electron chi connectivity index (χ3n) is 30.6. The molecule has 0 bridgehead atoms. The fourth-order valence-electron chi connectivity index (χ4n) is 23.7. The zero-order valence-corrected chi connectivity index (χ0v) is 80.3. The maximum Gasteiger partial charge on any atom is 0.160 e. The van der Waals surface area contributed by atoms with Gasteiger partial charge in [0.15, 0.2) is 11.4 Å². The van der Waals surface area contributed by atoms with Crippen molar-refractivity contribution in [2.45, 2.75) is 19.3 Å². The van der Waals surface area contributed by atoms with Crippen LogP contribution >= 0.6 is 11.3 Å². The molecule has 11 heteroatoms. The highest BCUT2D eigenvalue weighted by Gasteiger charge is 2.40. The van der Waals surface area contributed by atoms with Gasteiger partial charge in [0.25, 0.3) is 0 Å². The number of pyridine rings is 1. The predicted octanol–water partition coefficient (Wildman–Crippen LogP) is 36.0. The zero-order chi connectivity index (χ0) is 96.1. The molecule has 146 heavy (non-hydrogen) atoms. The minimum absolute atomic E-state index is 0.174. The van der Waals surface area contributed by atoms with Crippen LogP contribution in [0.2, 0.25) is 0 Å². The van der Waals surface area contributed by atoms with E-state index in [4.69, 9.17) is 24.4 Å². The standard InChI is InChI=1S/C48H29N3S.C45H27N3O.C42H29N3/c1-3-12-31(13-4-1)42-29-43(50-48(49-42)33-14-5-2-6-15-33)32-19-22-36(23-20-32)51-44-28-35-17-8-7-16-34(35)27-41(44)38-25-26-40-39-24-21-30-11-9-10-18-37(30)46(39)52-47(40)45(38)51;1-2-12-31(13-3-1)47-40-17-9-8-16-39(40)46-45(47)30-18-22-32(23-19-30)48-41-33-14-6-4-10-28(33)20-24-35(41)36-26-27-38-37-25-21-29-11-5-7-15-34(29)43(37)49-44(38)42(36)48;1-42(2)36-24-29-11-4-3-10-28(29)23-35(36)32-20-21-34-33-19-16-26-9-5-6-12-31(26)40(33)45(41(34)39(32)42)30-17-14-27(15-18-30)37-25-44-22-8-7-13-38(44)43-37/h1-29H;1-27H;3-25H,1-2H3. The molecule has 0 radical (unpaired) electrons. The number of furan rings is 1. The molecule has 1 aliphatic carbocycles. The molecule has 0 fully saturated rings. The minimum atomic E-state index is -0.174. The summed E-state index contributed by atoms with van der Waals surface area (Å²) < 4.78 is 21.3. The molecule has 10 nitrogen and oxygen atoms in total. The van der Waals surface area contributed by atoms with E-state index in [0.717, 1.165) is 129 Å². The zero-order valence-electron chi connectivity index (χ0n) is 79.5. The van der Waals surface area contributed by atoms with Gasteiger partial charge in [-0.3, -0.25) is 4.57 Å². The Morgan fingerprint density at radius 3 is 1.35 bits per heavy atom. The molecule has 0 aliphatic heterocycles. The number of benzene rings is 22. The fourth-order valence-corrected chi connectivity index (χ4v) is 25.1. The van der Waals surface area contributed by atoms with Gasteiger partial charge in [-0.1, -0.05) is 354 Å². The molecule has 0 spiro atoms. The van der Waals surface area contributed by atoms with E-state index < -0.39 is 0 Å². The molecular weight excluding hydrogens is 1800 g/mol. The number of imidazole rings is 2. The van der Waals surface area contributed by atoms with Crippen molar-refractivity contribution in [3.05, 3.63) is 491 Å². The van der Waals surface area contributed by atoms with Crippen molar-refractivity contribution >= 4 is 200 Å². The van der Waals surface area contributed by atoms with Crippen LogP contribution < -0.4 is 0 Å². The molecule has 0 unspecified atom stereocenters. The number of nitrogens with zero attached hydrogens (tertiary/aromatic N) is 9. The Morgan fingerprint density at radius 2 is 0.692 bits per heavy atom. The molecular formula is C135H85N9OS. The van der Waals surface area contributed by atoms with E-state index in [1.807, 2.05) is 72.1 Å². The SMILES string of the molecule is CC1(C)c2cc3ccccc3cc2-c2ccc3c4ccc5ccccc5c4n(-c4ccc(-c5cn6ccccc6n5)cc4)c3c21.c1ccc(-c2cc(-c3ccc(-n4c5cc6ccccc6cc5c5ccc6c7ccc8ccccc8c7sc6c54)cc3)nc(-c3ccccc3)n2)cc1.c1ccc(-n2c(-c3ccc(-n4c5c6ccccc6ccc5c5ccc6c7ccc8ccccc8c7oc6c54)cc3)nc3ccccc32)cc1.